The van der Waals surface area contributed by atoms with Crippen LogP contribution in [0.1, 0.15) is 11.6 Å². The fraction of sp³-hybridized carbons (Fsp3) is 0.0625. The minimum absolute atomic E-state index is 0.140. The monoisotopic (exact) mass is 341 g/mol. The van der Waals surface area contributed by atoms with Crippen molar-refractivity contribution in [1.29, 1.82) is 0 Å². The minimum atomic E-state index is -0.713. The van der Waals surface area contributed by atoms with Gasteiger partial charge in [-0.3, -0.25) is 14.9 Å². The van der Waals surface area contributed by atoms with Crippen molar-refractivity contribution in [3.63, 3.8) is 0 Å². The third-order valence-electron chi connectivity index (χ3n) is 3.19. The summed E-state index contributed by atoms with van der Waals surface area (Å²) in [7, 11) is 0. The predicted octanol–water partition coefficient (Wildman–Crippen LogP) is 2.18. The van der Waals surface area contributed by atoms with Crippen LogP contribution in [0.3, 0.4) is 0 Å². The van der Waals surface area contributed by atoms with Gasteiger partial charge in [0.2, 0.25) is 0 Å². The lowest BCUT2D eigenvalue weighted by atomic mass is 10.2. The number of nitrogens with zero attached hydrogens (tertiary/aromatic N) is 2. The van der Waals surface area contributed by atoms with Crippen LogP contribution in [-0.4, -0.2) is 20.9 Å². The van der Waals surface area contributed by atoms with E-state index in [0.29, 0.717) is 10.9 Å². The summed E-state index contributed by atoms with van der Waals surface area (Å²) >= 11 is 0. The zero-order chi connectivity index (χ0) is 17.8. The second-order valence-corrected chi connectivity index (χ2v) is 4.90. The Labute approximate surface area is 139 Å². The number of benzene rings is 1. The van der Waals surface area contributed by atoms with E-state index in [2.05, 4.69) is 9.97 Å². The molecular formula is C16H11N3O6. The van der Waals surface area contributed by atoms with Gasteiger partial charge in [-0.2, -0.15) is 0 Å². The van der Waals surface area contributed by atoms with Crippen LogP contribution >= 0.6 is 0 Å². The van der Waals surface area contributed by atoms with Gasteiger partial charge in [0.1, 0.15) is 23.1 Å². The van der Waals surface area contributed by atoms with Gasteiger partial charge < -0.3 is 14.1 Å². The number of para-hydroxylation sites is 1. The number of carbonyl (C=O) groups excluding carboxylic acids is 1. The molecule has 0 amide bonds. The van der Waals surface area contributed by atoms with Gasteiger partial charge in [-0.05, 0) is 24.3 Å². The second kappa shape index (κ2) is 6.79. The number of hydrogen-bond acceptors (Lipinski definition) is 7. The minimum Gasteiger partial charge on any atom is -0.454 e. The van der Waals surface area contributed by atoms with E-state index in [9.17, 15) is 19.7 Å². The molecule has 0 spiro atoms. The number of nitro groups is 1. The number of aromatic nitrogens is 2. The van der Waals surface area contributed by atoms with Crippen LogP contribution in [0.2, 0.25) is 0 Å². The lowest BCUT2D eigenvalue weighted by Gasteiger charge is -2.03. The molecule has 0 bridgehead atoms. The predicted molar refractivity (Wildman–Crippen MR) is 86.6 cm³/mol. The molecule has 0 unspecified atom stereocenters. The van der Waals surface area contributed by atoms with E-state index in [0.717, 1.165) is 6.08 Å². The number of aromatic amines is 1. The zero-order valence-electron chi connectivity index (χ0n) is 12.7. The number of fused-ring (bicyclic) bond motifs is 1. The fourth-order valence-electron chi connectivity index (χ4n) is 2.07. The van der Waals surface area contributed by atoms with Crippen LogP contribution in [0.15, 0.2) is 51.7 Å². The molecule has 3 rings (SSSR count). The molecule has 126 valence electrons. The van der Waals surface area contributed by atoms with Crippen molar-refractivity contribution in [3.05, 3.63) is 74.5 Å². The molecule has 0 saturated carbocycles. The standard InChI is InChI=1S/C16H11N3O6/c20-15(8-6-10-5-7-14(25-10)19(22)23)24-9-13-17-12-4-2-1-3-11(12)16(21)18-13/h1-8H,9H2,(H,17,18,21)/b8-6+. The van der Waals surface area contributed by atoms with E-state index in [4.69, 9.17) is 9.15 Å². The zero-order valence-corrected chi connectivity index (χ0v) is 12.7. The molecule has 9 nitrogen and oxygen atoms in total. The molecule has 0 aliphatic carbocycles. The maximum Gasteiger partial charge on any atom is 0.433 e. The Kier molecular flexibility index (Phi) is 4.38. The summed E-state index contributed by atoms with van der Waals surface area (Å²) in [5, 5.41) is 10.9. The Hall–Kier alpha value is -3.75. The van der Waals surface area contributed by atoms with Gasteiger partial charge in [-0.25, -0.2) is 9.78 Å². The van der Waals surface area contributed by atoms with Crippen molar-refractivity contribution in [3.8, 4) is 0 Å². The Morgan fingerprint density at radius 1 is 1.32 bits per heavy atom. The SMILES string of the molecule is O=C(/C=C/c1ccc([N+](=O)[O-])o1)OCc1nc2ccccc2c(=O)[nH]1. The quantitative estimate of drug-likeness (QED) is 0.326. The van der Waals surface area contributed by atoms with Crippen LogP contribution in [0.4, 0.5) is 5.88 Å². The molecular weight excluding hydrogens is 330 g/mol. The summed E-state index contributed by atoms with van der Waals surface area (Å²) in [5.74, 6) is -0.791. The molecule has 1 aromatic carbocycles. The molecule has 0 aliphatic rings. The molecule has 25 heavy (non-hydrogen) atoms. The number of carbonyl (C=O) groups is 1. The van der Waals surface area contributed by atoms with E-state index in [1.165, 1.54) is 18.2 Å². The molecule has 3 aromatic rings. The first-order valence-corrected chi connectivity index (χ1v) is 7.10. The molecule has 9 heteroatoms. The highest BCUT2D eigenvalue weighted by Crippen LogP contribution is 2.16. The molecule has 0 radical (unpaired) electrons. The third kappa shape index (κ3) is 3.78. The van der Waals surface area contributed by atoms with Gasteiger partial charge in [-0.15, -0.1) is 0 Å². The molecule has 2 heterocycles. The lowest BCUT2D eigenvalue weighted by molar-refractivity contribution is -0.402. The summed E-state index contributed by atoms with van der Waals surface area (Å²) in [5.41, 5.74) is 0.172. The van der Waals surface area contributed by atoms with Crippen molar-refractivity contribution in [2.45, 2.75) is 6.61 Å². The molecule has 0 atom stereocenters. The normalized spacial score (nSPS) is 11.0. The molecule has 2 aromatic heterocycles. The van der Waals surface area contributed by atoms with Gasteiger partial charge in [0, 0.05) is 6.08 Å². The van der Waals surface area contributed by atoms with Crippen LogP contribution < -0.4 is 5.56 Å². The average Bonchev–Trinajstić information content (AvgIpc) is 3.07. The summed E-state index contributed by atoms with van der Waals surface area (Å²) in [6.07, 6.45) is 2.30. The van der Waals surface area contributed by atoms with E-state index in [1.54, 1.807) is 24.3 Å². The number of furan rings is 1. The Bertz CT molecular complexity index is 1030. The van der Waals surface area contributed by atoms with Crippen molar-refractivity contribution >= 4 is 28.8 Å². The van der Waals surface area contributed by atoms with E-state index in [-0.39, 0.29) is 23.8 Å². The topological polar surface area (TPSA) is 128 Å². The highest BCUT2D eigenvalue weighted by Gasteiger charge is 2.10. The first kappa shape index (κ1) is 16.1. The number of ether oxygens (including phenoxy) is 1. The van der Waals surface area contributed by atoms with E-state index >= 15 is 0 Å². The lowest BCUT2D eigenvalue weighted by Crippen LogP contribution is -2.13. The fourth-order valence-corrected chi connectivity index (χ4v) is 2.07. The maximum atomic E-state index is 11.9. The number of rotatable bonds is 5. The van der Waals surface area contributed by atoms with Crippen LogP contribution in [0.5, 0.6) is 0 Å². The number of H-pyrrole nitrogens is 1. The highest BCUT2D eigenvalue weighted by molar-refractivity contribution is 5.86. The third-order valence-corrected chi connectivity index (χ3v) is 3.19. The van der Waals surface area contributed by atoms with Gasteiger partial charge in [0.15, 0.2) is 0 Å². The molecule has 0 aliphatic heterocycles. The smallest absolute Gasteiger partial charge is 0.433 e. The molecule has 0 fully saturated rings. The van der Waals surface area contributed by atoms with E-state index < -0.39 is 16.8 Å². The van der Waals surface area contributed by atoms with Gasteiger partial charge in [0.25, 0.3) is 5.56 Å². The van der Waals surface area contributed by atoms with Gasteiger partial charge in [-0.1, -0.05) is 12.1 Å². The summed E-state index contributed by atoms with van der Waals surface area (Å²) in [4.78, 5) is 40.1. The van der Waals surface area contributed by atoms with Crippen LogP contribution in [0.25, 0.3) is 17.0 Å². The van der Waals surface area contributed by atoms with Crippen LogP contribution in [-0.2, 0) is 16.1 Å². The Balaban J connectivity index is 1.64. The van der Waals surface area contributed by atoms with Crippen molar-refractivity contribution < 1.29 is 18.9 Å². The summed E-state index contributed by atoms with van der Waals surface area (Å²) in [6.45, 7) is -0.221. The number of hydrogen-bond donors (Lipinski definition) is 1. The number of nitrogens with one attached hydrogen (secondary N) is 1. The van der Waals surface area contributed by atoms with Gasteiger partial charge in [0.05, 0.1) is 17.0 Å². The van der Waals surface area contributed by atoms with E-state index in [1.807, 2.05) is 0 Å². The molecule has 1 N–H and O–H groups in total. The first-order valence-electron chi connectivity index (χ1n) is 7.10. The Morgan fingerprint density at radius 3 is 2.88 bits per heavy atom. The van der Waals surface area contributed by atoms with Gasteiger partial charge >= 0.3 is 11.9 Å². The Morgan fingerprint density at radius 2 is 2.12 bits per heavy atom. The number of esters is 1. The van der Waals surface area contributed by atoms with Crippen molar-refractivity contribution in [1.82, 2.24) is 9.97 Å². The highest BCUT2D eigenvalue weighted by atomic mass is 16.6. The van der Waals surface area contributed by atoms with Crippen LogP contribution in [0, 0.1) is 10.1 Å². The van der Waals surface area contributed by atoms with Crippen molar-refractivity contribution in [2.24, 2.45) is 0 Å². The summed E-state index contributed by atoms with van der Waals surface area (Å²) in [6, 6.07) is 9.32. The summed E-state index contributed by atoms with van der Waals surface area (Å²) < 4.78 is 9.84. The molecule has 0 saturated heterocycles. The second-order valence-electron chi connectivity index (χ2n) is 4.90. The average molecular weight is 341 g/mol. The largest absolute Gasteiger partial charge is 0.454 e. The maximum absolute atomic E-state index is 11.9. The van der Waals surface area contributed by atoms with Crippen molar-refractivity contribution in [2.75, 3.05) is 0 Å². The first-order chi connectivity index (χ1) is 12.0.